The Hall–Kier alpha value is -4.71. The molecule has 5 aromatic rings. The van der Waals surface area contributed by atoms with Crippen molar-refractivity contribution in [2.45, 2.75) is 62.9 Å². The van der Waals surface area contributed by atoms with Gasteiger partial charge >= 0.3 is 5.76 Å². The maximum atomic E-state index is 14.2. The highest BCUT2D eigenvalue weighted by Gasteiger charge is 2.49. The van der Waals surface area contributed by atoms with Crippen LogP contribution < -0.4 is 5.76 Å². The Morgan fingerprint density at radius 2 is 1.91 bits per heavy atom. The number of hydrogen-bond acceptors (Lipinski definition) is 11. The number of oxazole rings is 1. The zero-order valence-corrected chi connectivity index (χ0v) is 26.5. The predicted molar refractivity (Wildman–Crippen MR) is 168 cm³/mol. The van der Waals surface area contributed by atoms with E-state index in [0.29, 0.717) is 81.6 Å². The van der Waals surface area contributed by atoms with Crippen molar-refractivity contribution in [1.82, 2.24) is 29.0 Å². The quantitative estimate of drug-likeness (QED) is 0.242. The van der Waals surface area contributed by atoms with Crippen LogP contribution >= 0.6 is 0 Å². The molecule has 1 atom stereocenters. The second-order valence-corrected chi connectivity index (χ2v) is 14.1. The summed E-state index contributed by atoms with van der Waals surface area (Å²) in [5.41, 5.74) is 4.53. The molecule has 3 aliphatic heterocycles. The number of fused-ring (bicyclic) bond motifs is 4. The van der Waals surface area contributed by atoms with Crippen LogP contribution in [-0.2, 0) is 27.7 Å². The third-order valence-corrected chi connectivity index (χ3v) is 11.4. The van der Waals surface area contributed by atoms with Crippen molar-refractivity contribution in [2.75, 3.05) is 19.8 Å². The Kier molecular flexibility index (Phi) is 7.27. The van der Waals surface area contributed by atoms with Crippen molar-refractivity contribution in [3.8, 4) is 28.7 Å². The number of benzene rings is 1. The number of nitrogens with zero attached hydrogens (tertiary/aromatic N) is 7. The van der Waals surface area contributed by atoms with Gasteiger partial charge in [-0.3, -0.25) is 14.5 Å². The zero-order chi connectivity index (χ0) is 32.3. The van der Waals surface area contributed by atoms with Gasteiger partial charge < -0.3 is 13.6 Å². The topological polar surface area (TPSA) is 170 Å². The normalized spacial score (nSPS) is 19.2. The Bertz CT molecular complexity index is 2230. The number of aromatic nitrogens is 5. The van der Waals surface area contributed by atoms with E-state index in [1.165, 1.54) is 10.8 Å². The SMILES string of the molecule is Cc1nnc(-c2c(CCC3CCOCC3)nc3c(c2-c2ccc4c(c2)oc(=O)n4Cc2ccc(C#N)cn2)S(=O)(=O)N2CCC[C@H]32)o1. The molecule has 2 fully saturated rings. The number of sulfonamides is 1. The molecule has 0 N–H and O–H groups in total. The van der Waals surface area contributed by atoms with E-state index in [-0.39, 0.29) is 23.4 Å². The van der Waals surface area contributed by atoms with E-state index in [0.717, 1.165) is 38.9 Å². The van der Waals surface area contributed by atoms with Crippen LogP contribution in [0.25, 0.3) is 33.7 Å². The van der Waals surface area contributed by atoms with Gasteiger partial charge in [0.05, 0.1) is 46.3 Å². The lowest BCUT2D eigenvalue weighted by Gasteiger charge is -2.23. The summed E-state index contributed by atoms with van der Waals surface area (Å²) in [6.45, 7) is 3.71. The van der Waals surface area contributed by atoms with Crippen molar-refractivity contribution in [1.29, 1.82) is 5.26 Å². The number of nitriles is 1. The van der Waals surface area contributed by atoms with Gasteiger partial charge in [-0.2, -0.15) is 9.57 Å². The van der Waals surface area contributed by atoms with Crippen molar-refractivity contribution in [3.05, 3.63) is 75.6 Å². The Morgan fingerprint density at radius 1 is 1.06 bits per heavy atom. The molecule has 47 heavy (non-hydrogen) atoms. The first kappa shape index (κ1) is 29.7. The van der Waals surface area contributed by atoms with Crippen molar-refractivity contribution < 1.29 is 22.0 Å². The molecule has 3 aliphatic rings. The molecular formula is C33H31N7O6S. The van der Waals surface area contributed by atoms with Gasteiger partial charge in [-0.25, -0.2) is 13.2 Å². The third kappa shape index (κ3) is 5.06. The second kappa shape index (κ2) is 11.5. The molecule has 8 rings (SSSR count). The molecule has 13 nitrogen and oxygen atoms in total. The van der Waals surface area contributed by atoms with Gasteiger partial charge in [0.2, 0.25) is 21.8 Å². The lowest BCUT2D eigenvalue weighted by atomic mass is 9.90. The van der Waals surface area contributed by atoms with Crippen LogP contribution in [0.4, 0.5) is 0 Å². The Balaban J connectivity index is 1.31. The van der Waals surface area contributed by atoms with Gasteiger partial charge in [0.15, 0.2) is 5.58 Å². The summed E-state index contributed by atoms with van der Waals surface area (Å²) in [4.78, 5) is 22.6. The molecule has 0 bridgehead atoms. The highest BCUT2D eigenvalue weighted by molar-refractivity contribution is 7.89. The van der Waals surface area contributed by atoms with Crippen LogP contribution in [0.3, 0.4) is 0 Å². The summed E-state index contributed by atoms with van der Waals surface area (Å²) >= 11 is 0. The van der Waals surface area contributed by atoms with Gasteiger partial charge in [0.25, 0.3) is 0 Å². The zero-order valence-electron chi connectivity index (χ0n) is 25.7. The number of hydrogen-bond donors (Lipinski definition) is 0. The largest absolute Gasteiger partial charge is 0.421 e. The first-order valence-corrected chi connectivity index (χ1v) is 17.2. The standard InChI is InChI=1S/C33H31N7O6S/c1-19-37-38-32(45-19)29-24(8-5-20-10-13-44-14-11-20)36-30-26-3-2-12-40(26)47(42,43)31(30)28(29)22-6-9-25-27(15-22)46-33(41)39(25)18-23-7-4-21(16-34)17-35-23/h4,6-7,9,15,17,20,26H,2-3,5,8,10-14,18H2,1H3/t26-/m1/s1. The van der Waals surface area contributed by atoms with Crippen molar-refractivity contribution >= 4 is 21.1 Å². The van der Waals surface area contributed by atoms with Gasteiger partial charge in [-0.1, -0.05) is 6.07 Å². The highest BCUT2D eigenvalue weighted by Crippen LogP contribution is 2.52. The molecule has 0 radical (unpaired) electrons. The summed E-state index contributed by atoms with van der Waals surface area (Å²) in [5, 5.41) is 17.5. The average Bonchev–Trinajstić information content (AvgIpc) is 3.85. The van der Waals surface area contributed by atoms with Gasteiger partial charge in [0, 0.05) is 38.4 Å². The number of pyridine rings is 2. The number of rotatable bonds is 7. The van der Waals surface area contributed by atoms with Gasteiger partial charge in [0.1, 0.15) is 11.0 Å². The van der Waals surface area contributed by atoms with Crippen LogP contribution in [0.15, 0.2) is 55.1 Å². The molecule has 0 amide bonds. The van der Waals surface area contributed by atoms with Crippen molar-refractivity contribution in [3.63, 3.8) is 0 Å². The van der Waals surface area contributed by atoms with Crippen LogP contribution in [0.5, 0.6) is 0 Å². The van der Waals surface area contributed by atoms with Gasteiger partial charge in [-0.15, -0.1) is 10.2 Å². The minimum Gasteiger partial charge on any atom is -0.421 e. The Morgan fingerprint density at radius 3 is 2.66 bits per heavy atom. The summed E-state index contributed by atoms with van der Waals surface area (Å²) in [6.07, 6.45) is 6.29. The van der Waals surface area contributed by atoms with Crippen LogP contribution in [0.1, 0.15) is 66.7 Å². The van der Waals surface area contributed by atoms with Crippen LogP contribution in [0, 0.1) is 24.2 Å². The second-order valence-electron chi connectivity index (χ2n) is 12.3. The highest BCUT2D eigenvalue weighted by atomic mass is 32.2. The summed E-state index contributed by atoms with van der Waals surface area (Å²) < 4.78 is 48.8. The molecule has 7 heterocycles. The Labute approximate surface area is 269 Å². The molecule has 4 aromatic heterocycles. The molecule has 0 unspecified atom stereocenters. The number of aryl methyl sites for hydroxylation is 2. The molecule has 1 aromatic carbocycles. The van der Waals surface area contributed by atoms with E-state index in [9.17, 15) is 13.2 Å². The summed E-state index contributed by atoms with van der Waals surface area (Å²) in [5.74, 6) is 0.423. The minimum atomic E-state index is -3.90. The third-order valence-electron chi connectivity index (χ3n) is 9.44. The monoisotopic (exact) mass is 653 g/mol. The maximum Gasteiger partial charge on any atom is 0.420 e. The smallest absolute Gasteiger partial charge is 0.420 e. The van der Waals surface area contributed by atoms with E-state index in [1.54, 1.807) is 41.6 Å². The van der Waals surface area contributed by atoms with Gasteiger partial charge in [-0.05, 0) is 74.3 Å². The fourth-order valence-electron chi connectivity index (χ4n) is 7.12. The average molecular weight is 654 g/mol. The van der Waals surface area contributed by atoms with E-state index in [1.807, 2.05) is 6.07 Å². The van der Waals surface area contributed by atoms with E-state index in [2.05, 4.69) is 15.2 Å². The molecule has 0 spiro atoms. The van der Waals surface area contributed by atoms with Crippen LogP contribution in [0.2, 0.25) is 0 Å². The molecular weight excluding hydrogens is 622 g/mol. The molecule has 0 saturated carbocycles. The van der Waals surface area contributed by atoms with E-state index >= 15 is 0 Å². The minimum absolute atomic E-state index is 0.134. The summed E-state index contributed by atoms with van der Waals surface area (Å²) in [7, 11) is -3.90. The summed E-state index contributed by atoms with van der Waals surface area (Å²) in [6, 6.07) is 10.3. The molecule has 0 aliphatic carbocycles. The van der Waals surface area contributed by atoms with E-state index in [4.69, 9.17) is 23.8 Å². The van der Waals surface area contributed by atoms with Crippen LogP contribution in [-0.4, -0.2) is 57.2 Å². The fourth-order valence-corrected chi connectivity index (χ4v) is 9.19. The molecule has 240 valence electrons. The van der Waals surface area contributed by atoms with E-state index < -0.39 is 15.8 Å². The maximum absolute atomic E-state index is 14.2. The van der Waals surface area contributed by atoms with Crippen molar-refractivity contribution in [2.24, 2.45) is 5.92 Å². The fraction of sp³-hybridized carbons (Fsp3) is 0.394. The first-order chi connectivity index (χ1) is 22.8. The number of ether oxygens (including phenoxy) is 1. The molecule has 2 saturated heterocycles. The predicted octanol–water partition coefficient (Wildman–Crippen LogP) is 4.53. The first-order valence-electron chi connectivity index (χ1n) is 15.8. The lowest BCUT2D eigenvalue weighted by Crippen LogP contribution is -2.23. The lowest BCUT2D eigenvalue weighted by molar-refractivity contribution is 0.0639. The molecule has 14 heteroatoms.